The van der Waals surface area contributed by atoms with Gasteiger partial charge in [0, 0.05) is 13.0 Å². The molecule has 2 heterocycles. The van der Waals surface area contributed by atoms with Gasteiger partial charge >= 0.3 is 12.0 Å². The number of amides is 2. The normalized spacial score (nSPS) is 10.2. The molecule has 20 heavy (non-hydrogen) atoms. The van der Waals surface area contributed by atoms with Gasteiger partial charge in [-0.1, -0.05) is 5.16 Å². The SMILES string of the molecule is O=C(NCCc1ncno1)NCc1ccc(C(=O)O)o1. The van der Waals surface area contributed by atoms with Crippen molar-refractivity contribution in [2.24, 2.45) is 0 Å². The van der Waals surface area contributed by atoms with Crippen LogP contribution in [0.5, 0.6) is 0 Å². The quantitative estimate of drug-likeness (QED) is 0.698. The Morgan fingerprint density at radius 2 is 2.15 bits per heavy atom. The van der Waals surface area contributed by atoms with Crippen molar-refractivity contribution in [2.45, 2.75) is 13.0 Å². The van der Waals surface area contributed by atoms with E-state index < -0.39 is 12.0 Å². The molecule has 2 aromatic heterocycles. The lowest BCUT2D eigenvalue weighted by Crippen LogP contribution is -2.36. The van der Waals surface area contributed by atoms with Crippen LogP contribution < -0.4 is 10.6 Å². The third kappa shape index (κ3) is 3.83. The minimum atomic E-state index is -1.15. The minimum absolute atomic E-state index is 0.0969. The number of aromatic carboxylic acids is 1. The molecule has 0 unspecified atom stereocenters. The Morgan fingerprint density at radius 3 is 2.80 bits per heavy atom. The summed E-state index contributed by atoms with van der Waals surface area (Å²) in [5, 5.41) is 17.2. The van der Waals surface area contributed by atoms with E-state index in [1.165, 1.54) is 18.5 Å². The number of hydrogen-bond donors (Lipinski definition) is 3. The van der Waals surface area contributed by atoms with E-state index in [2.05, 4.69) is 20.8 Å². The predicted molar refractivity (Wildman–Crippen MR) is 63.9 cm³/mol. The topological polar surface area (TPSA) is 130 Å². The Bertz CT molecular complexity index is 577. The average molecular weight is 280 g/mol. The van der Waals surface area contributed by atoms with Crippen molar-refractivity contribution in [1.29, 1.82) is 0 Å². The van der Waals surface area contributed by atoms with E-state index in [4.69, 9.17) is 14.0 Å². The number of carboxylic acid groups (broad SMARTS) is 1. The molecule has 106 valence electrons. The highest BCUT2D eigenvalue weighted by atomic mass is 16.5. The Labute approximate surface area is 113 Å². The average Bonchev–Trinajstić information content (AvgIpc) is 3.07. The number of nitrogens with one attached hydrogen (secondary N) is 2. The van der Waals surface area contributed by atoms with Crippen molar-refractivity contribution < 1.29 is 23.6 Å². The number of nitrogens with zero attached hydrogens (tertiary/aromatic N) is 2. The summed E-state index contributed by atoms with van der Waals surface area (Å²) in [4.78, 5) is 25.8. The van der Waals surface area contributed by atoms with Gasteiger partial charge in [-0.3, -0.25) is 0 Å². The molecule has 0 aliphatic rings. The fourth-order valence-electron chi connectivity index (χ4n) is 1.41. The zero-order chi connectivity index (χ0) is 14.4. The predicted octanol–water partition coefficient (Wildman–Crippen LogP) is 0.403. The molecule has 2 aromatic rings. The maximum atomic E-state index is 11.4. The standard InChI is InChI=1S/C11H12N4O5/c16-10(17)8-2-1-7(19-8)5-13-11(18)12-4-3-9-14-6-15-20-9/h1-2,6H,3-5H2,(H,16,17)(H2,12,13,18). The molecule has 2 amide bonds. The van der Waals surface area contributed by atoms with Gasteiger partial charge in [0.05, 0.1) is 6.54 Å². The van der Waals surface area contributed by atoms with E-state index in [1.807, 2.05) is 0 Å². The van der Waals surface area contributed by atoms with Gasteiger partial charge in [-0.05, 0) is 12.1 Å². The van der Waals surface area contributed by atoms with Crippen LogP contribution in [0.25, 0.3) is 0 Å². The third-order valence-electron chi connectivity index (χ3n) is 2.33. The molecule has 0 saturated heterocycles. The monoisotopic (exact) mass is 280 g/mol. The molecule has 0 aromatic carbocycles. The molecule has 0 atom stereocenters. The van der Waals surface area contributed by atoms with Gasteiger partial charge in [0.1, 0.15) is 5.76 Å². The number of rotatable bonds is 6. The van der Waals surface area contributed by atoms with E-state index in [1.54, 1.807) is 0 Å². The second-order valence-corrected chi connectivity index (χ2v) is 3.77. The number of carbonyl (C=O) groups is 2. The summed E-state index contributed by atoms with van der Waals surface area (Å²) in [6, 6.07) is 2.41. The van der Waals surface area contributed by atoms with Crippen molar-refractivity contribution >= 4 is 12.0 Å². The second kappa shape index (κ2) is 6.36. The highest BCUT2D eigenvalue weighted by molar-refractivity contribution is 5.84. The van der Waals surface area contributed by atoms with E-state index in [0.29, 0.717) is 24.6 Å². The molecule has 9 heteroatoms. The molecule has 3 N–H and O–H groups in total. The number of hydrogen-bond acceptors (Lipinski definition) is 6. The molecule has 0 bridgehead atoms. The first-order chi connectivity index (χ1) is 9.65. The van der Waals surface area contributed by atoms with E-state index in [-0.39, 0.29) is 12.3 Å². The molecule has 0 aliphatic heterocycles. The maximum absolute atomic E-state index is 11.4. The highest BCUT2D eigenvalue weighted by Crippen LogP contribution is 2.07. The van der Waals surface area contributed by atoms with Crippen LogP contribution in [0.3, 0.4) is 0 Å². The molecule has 0 fully saturated rings. The Balaban J connectivity index is 1.67. The first-order valence-corrected chi connectivity index (χ1v) is 5.74. The first kappa shape index (κ1) is 13.6. The van der Waals surface area contributed by atoms with Crippen LogP contribution >= 0.6 is 0 Å². The molecule has 9 nitrogen and oxygen atoms in total. The smallest absolute Gasteiger partial charge is 0.371 e. The van der Waals surface area contributed by atoms with E-state index in [9.17, 15) is 9.59 Å². The van der Waals surface area contributed by atoms with Gasteiger partial charge in [-0.15, -0.1) is 0 Å². The Morgan fingerprint density at radius 1 is 1.30 bits per heavy atom. The van der Waals surface area contributed by atoms with Crippen LogP contribution in [-0.4, -0.2) is 33.8 Å². The Kier molecular flexibility index (Phi) is 4.32. The lowest BCUT2D eigenvalue weighted by molar-refractivity contribution is 0.0660. The second-order valence-electron chi connectivity index (χ2n) is 3.77. The summed E-state index contributed by atoms with van der Waals surface area (Å²) < 4.78 is 9.75. The van der Waals surface area contributed by atoms with Crippen molar-refractivity contribution in [3.05, 3.63) is 35.9 Å². The third-order valence-corrected chi connectivity index (χ3v) is 2.33. The van der Waals surface area contributed by atoms with Gasteiger partial charge in [0.25, 0.3) is 0 Å². The van der Waals surface area contributed by atoms with Crippen LogP contribution in [0.4, 0.5) is 4.79 Å². The summed E-state index contributed by atoms with van der Waals surface area (Å²) in [7, 11) is 0. The zero-order valence-corrected chi connectivity index (χ0v) is 10.3. The van der Waals surface area contributed by atoms with Gasteiger partial charge in [-0.25, -0.2) is 9.59 Å². The molecule has 0 saturated carbocycles. The summed E-state index contributed by atoms with van der Waals surface area (Å²) >= 11 is 0. The zero-order valence-electron chi connectivity index (χ0n) is 10.3. The van der Waals surface area contributed by atoms with Crippen LogP contribution in [0, 0.1) is 0 Å². The summed E-state index contributed by atoms with van der Waals surface area (Å²) in [6.07, 6.45) is 1.71. The van der Waals surface area contributed by atoms with Crippen molar-refractivity contribution in [1.82, 2.24) is 20.8 Å². The van der Waals surface area contributed by atoms with Crippen LogP contribution in [0.2, 0.25) is 0 Å². The minimum Gasteiger partial charge on any atom is -0.475 e. The van der Waals surface area contributed by atoms with Crippen molar-refractivity contribution in [3.8, 4) is 0 Å². The Hall–Kier alpha value is -2.84. The largest absolute Gasteiger partial charge is 0.475 e. The summed E-state index contributed by atoms with van der Waals surface area (Å²) in [5.74, 6) is -0.532. The number of aromatic nitrogens is 2. The van der Waals surface area contributed by atoms with Crippen LogP contribution in [0.15, 0.2) is 27.4 Å². The number of carboxylic acids is 1. The van der Waals surface area contributed by atoms with Gasteiger partial charge < -0.3 is 24.7 Å². The highest BCUT2D eigenvalue weighted by Gasteiger charge is 2.09. The molecular formula is C11H12N4O5. The number of carbonyl (C=O) groups excluding carboxylic acids is 1. The molecule has 0 radical (unpaired) electrons. The van der Waals surface area contributed by atoms with Crippen LogP contribution in [0.1, 0.15) is 22.2 Å². The summed E-state index contributed by atoms with van der Waals surface area (Å²) in [6.45, 7) is 0.437. The van der Waals surface area contributed by atoms with E-state index >= 15 is 0 Å². The lowest BCUT2D eigenvalue weighted by atomic mass is 10.4. The fraction of sp³-hybridized carbons (Fsp3) is 0.273. The number of urea groups is 1. The molecule has 0 aliphatic carbocycles. The molecular weight excluding hydrogens is 268 g/mol. The van der Waals surface area contributed by atoms with E-state index in [0.717, 1.165) is 0 Å². The van der Waals surface area contributed by atoms with Gasteiger partial charge in [0.15, 0.2) is 6.33 Å². The number of furan rings is 1. The maximum Gasteiger partial charge on any atom is 0.371 e. The molecule has 0 spiro atoms. The van der Waals surface area contributed by atoms with Crippen molar-refractivity contribution in [2.75, 3.05) is 6.54 Å². The van der Waals surface area contributed by atoms with Gasteiger partial charge in [-0.2, -0.15) is 4.98 Å². The first-order valence-electron chi connectivity index (χ1n) is 5.74. The molecule has 2 rings (SSSR count). The summed E-state index contributed by atoms with van der Waals surface area (Å²) in [5.41, 5.74) is 0. The van der Waals surface area contributed by atoms with Gasteiger partial charge in [0.2, 0.25) is 11.7 Å². The fourth-order valence-corrected chi connectivity index (χ4v) is 1.41. The van der Waals surface area contributed by atoms with Crippen molar-refractivity contribution in [3.63, 3.8) is 0 Å². The lowest BCUT2D eigenvalue weighted by Gasteiger charge is -2.04. The van der Waals surface area contributed by atoms with Crippen LogP contribution in [-0.2, 0) is 13.0 Å².